The van der Waals surface area contributed by atoms with Crippen molar-refractivity contribution >= 4 is 20.6 Å². The van der Waals surface area contributed by atoms with E-state index in [-0.39, 0.29) is 0 Å². The van der Waals surface area contributed by atoms with E-state index in [1.165, 1.54) is 12.8 Å². The standard InChI is InChI=1S/C8H16O2S2/c9-6-3-1-2-4-8-5-7-12(10)11-8/h8-9H,1-7H2/t8-,12?/m1/s1. The number of unbranched alkanes of at least 4 members (excludes halogenated alkanes) is 2. The van der Waals surface area contributed by atoms with Crippen LogP contribution in [-0.2, 0) is 9.83 Å². The van der Waals surface area contributed by atoms with Crippen LogP contribution in [0.1, 0.15) is 32.1 Å². The summed E-state index contributed by atoms with van der Waals surface area (Å²) < 4.78 is 11.0. The second-order valence-electron chi connectivity index (χ2n) is 3.09. The molecule has 72 valence electrons. The van der Waals surface area contributed by atoms with Crippen molar-refractivity contribution in [3.8, 4) is 0 Å². The minimum absolute atomic E-state index is 0.309. The van der Waals surface area contributed by atoms with Gasteiger partial charge in [-0.05, 0) is 19.3 Å². The molecule has 4 heteroatoms. The van der Waals surface area contributed by atoms with Gasteiger partial charge >= 0.3 is 0 Å². The van der Waals surface area contributed by atoms with E-state index in [1.807, 2.05) is 0 Å². The molecule has 2 nitrogen and oxygen atoms in total. The van der Waals surface area contributed by atoms with E-state index < -0.39 is 9.83 Å². The largest absolute Gasteiger partial charge is 0.396 e. The molecule has 0 spiro atoms. The Morgan fingerprint density at radius 1 is 1.42 bits per heavy atom. The highest BCUT2D eigenvalue weighted by molar-refractivity contribution is 8.69. The lowest BCUT2D eigenvalue weighted by atomic mass is 10.1. The Hall–Kier alpha value is 0.460. The van der Waals surface area contributed by atoms with Crippen molar-refractivity contribution in [1.82, 2.24) is 0 Å². The maximum atomic E-state index is 11.0. The summed E-state index contributed by atoms with van der Waals surface area (Å²) in [6, 6.07) is 0. The lowest BCUT2D eigenvalue weighted by molar-refractivity contribution is 0.282. The normalized spacial score (nSPS) is 29.4. The lowest BCUT2D eigenvalue weighted by Crippen LogP contribution is -1.97. The van der Waals surface area contributed by atoms with E-state index in [2.05, 4.69) is 0 Å². The molecule has 1 unspecified atom stereocenters. The Balaban J connectivity index is 1.97. The van der Waals surface area contributed by atoms with Gasteiger partial charge in [0.05, 0.1) is 9.83 Å². The maximum absolute atomic E-state index is 11.0. The maximum Gasteiger partial charge on any atom is 0.0806 e. The molecule has 2 atom stereocenters. The fourth-order valence-electron chi connectivity index (χ4n) is 1.33. The summed E-state index contributed by atoms with van der Waals surface area (Å²) in [5.74, 6) is 0.884. The van der Waals surface area contributed by atoms with Gasteiger partial charge in [0.2, 0.25) is 0 Å². The van der Waals surface area contributed by atoms with Crippen molar-refractivity contribution in [2.24, 2.45) is 0 Å². The fourth-order valence-corrected chi connectivity index (χ4v) is 4.90. The van der Waals surface area contributed by atoms with Crippen molar-refractivity contribution in [3.63, 3.8) is 0 Å². The molecule has 0 radical (unpaired) electrons. The molecule has 0 saturated carbocycles. The van der Waals surface area contributed by atoms with E-state index >= 15 is 0 Å². The van der Waals surface area contributed by atoms with Crippen LogP contribution in [-0.4, -0.2) is 26.9 Å². The van der Waals surface area contributed by atoms with Gasteiger partial charge in [0, 0.05) is 17.6 Å². The third-order valence-electron chi connectivity index (χ3n) is 2.03. The predicted octanol–water partition coefficient (Wildman–Crippen LogP) is 1.71. The molecule has 12 heavy (non-hydrogen) atoms. The second kappa shape index (κ2) is 6.00. The van der Waals surface area contributed by atoms with Gasteiger partial charge in [-0.25, -0.2) is 4.21 Å². The Morgan fingerprint density at radius 2 is 2.25 bits per heavy atom. The van der Waals surface area contributed by atoms with Gasteiger partial charge in [-0.15, -0.1) is 0 Å². The van der Waals surface area contributed by atoms with Crippen molar-refractivity contribution < 1.29 is 9.32 Å². The molecule has 1 fully saturated rings. The van der Waals surface area contributed by atoms with E-state index in [4.69, 9.17) is 5.11 Å². The summed E-state index contributed by atoms with van der Waals surface area (Å²) in [6.07, 6.45) is 5.50. The number of aliphatic hydroxyl groups excluding tert-OH is 1. The first-order valence-electron chi connectivity index (χ1n) is 4.49. The molecular weight excluding hydrogens is 192 g/mol. The Morgan fingerprint density at radius 3 is 2.83 bits per heavy atom. The summed E-state index contributed by atoms with van der Waals surface area (Å²) in [7, 11) is 1.04. The van der Waals surface area contributed by atoms with Crippen LogP contribution in [0.3, 0.4) is 0 Å². The Labute approximate surface area is 80.0 Å². The molecule has 1 aliphatic rings. The fraction of sp³-hybridized carbons (Fsp3) is 1.00. The van der Waals surface area contributed by atoms with Gasteiger partial charge in [-0.1, -0.05) is 23.6 Å². The molecule has 0 amide bonds. The first-order valence-corrected chi connectivity index (χ1v) is 7.21. The van der Waals surface area contributed by atoms with Gasteiger partial charge < -0.3 is 5.11 Å². The van der Waals surface area contributed by atoms with Crippen LogP contribution < -0.4 is 0 Å². The minimum Gasteiger partial charge on any atom is -0.396 e. The summed E-state index contributed by atoms with van der Waals surface area (Å²) >= 11 is 0. The molecule has 1 saturated heterocycles. The van der Waals surface area contributed by atoms with Gasteiger partial charge in [0.1, 0.15) is 0 Å². The molecule has 0 aromatic heterocycles. The monoisotopic (exact) mass is 208 g/mol. The Kier molecular flexibility index (Phi) is 5.27. The molecule has 1 heterocycles. The highest BCUT2D eigenvalue weighted by Gasteiger charge is 2.20. The van der Waals surface area contributed by atoms with Crippen molar-refractivity contribution in [2.75, 3.05) is 12.4 Å². The van der Waals surface area contributed by atoms with E-state index in [0.29, 0.717) is 11.9 Å². The summed E-state index contributed by atoms with van der Waals surface area (Å²) in [6.45, 7) is 0.309. The van der Waals surface area contributed by atoms with Crippen LogP contribution in [0.15, 0.2) is 0 Å². The number of hydrogen-bond donors (Lipinski definition) is 1. The SMILES string of the molecule is O=S1CC[C@@H](CCCCCO)S1. The third-order valence-corrected chi connectivity index (χ3v) is 5.52. The molecule has 1 rings (SSSR count). The highest BCUT2D eigenvalue weighted by Crippen LogP contribution is 2.31. The first-order chi connectivity index (χ1) is 5.83. The van der Waals surface area contributed by atoms with Crippen LogP contribution in [0.25, 0.3) is 0 Å². The zero-order chi connectivity index (χ0) is 8.81. The van der Waals surface area contributed by atoms with Gasteiger partial charge in [-0.2, -0.15) is 0 Å². The molecule has 0 aliphatic carbocycles. The van der Waals surface area contributed by atoms with Gasteiger partial charge in [-0.3, -0.25) is 0 Å². The van der Waals surface area contributed by atoms with Crippen molar-refractivity contribution in [1.29, 1.82) is 0 Å². The average Bonchev–Trinajstić information content (AvgIpc) is 2.45. The van der Waals surface area contributed by atoms with Crippen LogP contribution in [0.2, 0.25) is 0 Å². The molecule has 0 bridgehead atoms. The average molecular weight is 208 g/mol. The Bertz CT molecular complexity index is 150. The third kappa shape index (κ3) is 3.92. The number of hydrogen-bond acceptors (Lipinski definition) is 3. The molecule has 0 aromatic rings. The van der Waals surface area contributed by atoms with E-state index in [9.17, 15) is 4.21 Å². The van der Waals surface area contributed by atoms with Crippen molar-refractivity contribution in [3.05, 3.63) is 0 Å². The van der Waals surface area contributed by atoms with Crippen molar-refractivity contribution in [2.45, 2.75) is 37.4 Å². The smallest absolute Gasteiger partial charge is 0.0806 e. The number of aliphatic hydroxyl groups is 1. The number of rotatable bonds is 5. The highest BCUT2D eigenvalue weighted by atomic mass is 33.1. The summed E-state index contributed by atoms with van der Waals surface area (Å²) in [4.78, 5) is 0. The zero-order valence-electron chi connectivity index (χ0n) is 7.20. The van der Waals surface area contributed by atoms with E-state index in [1.54, 1.807) is 10.8 Å². The van der Waals surface area contributed by atoms with Gasteiger partial charge in [0.15, 0.2) is 0 Å². The topological polar surface area (TPSA) is 37.3 Å². The second-order valence-corrected chi connectivity index (χ2v) is 6.66. The molecular formula is C8H16O2S2. The molecule has 1 aliphatic heterocycles. The first kappa shape index (κ1) is 10.5. The van der Waals surface area contributed by atoms with E-state index in [0.717, 1.165) is 25.0 Å². The van der Waals surface area contributed by atoms with Gasteiger partial charge in [0.25, 0.3) is 0 Å². The van der Waals surface area contributed by atoms with Crippen LogP contribution in [0.4, 0.5) is 0 Å². The minimum atomic E-state index is -0.593. The quantitative estimate of drug-likeness (QED) is 0.552. The molecule has 0 aromatic carbocycles. The van der Waals surface area contributed by atoms with Crippen LogP contribution in [0.5, 0.6) is 0 Å². The summed E-state index contributed by atoms with van der Waals surface area (Å²) in [5, 5.41) is 9.18. The predicted molar refractivity (Wildman–Crippen MR) is 54.6 cm³/mol. The molecule has 1 N–H and O–H groups in total. The lowest BCUT2D eigenvalue weighted by Gasteiger charge is -2.04. The van der Waals surface area contributed by atoms with Crippen LogP contribution >= 0.6 is 10.8 Å². The van der Waals surface area contributed by atoms with Crippen LogP contribution in [0, 0.1) is 0 Å². The zero-order valence-corrected chi connectivity index (χ0v) is 8.83. The summed E-state index contributed by atoms with van der Waals surface area (Å²) in [5.41, 5.74) is 0.